The van der Waals surface area contributed by atoms with Crippen LogP contribution in [-0.4, -0.2) is 41.7 Å². The molecule has 0 atom stereocenters. The average molecular weight is 391 g/mol. The van der Waals surface area contributed by atoms with E-state index in [0.717, 1.165) is 17.7 Å². The number of nitrogens with one attached hydrogen (secondary N) is 1. The summed E-state index contributed by atoms with van der Waals surface area (Å²) in [6.45, 7) is 1.22. The summed E-state index contributed by atoms with van der Waals surface area (Å²) < 4.78 is 42.9. The minimum Gasteiger partial charge on any atom is -0.410 e. The number of halogens is 3. The molecular formula is C19H16F3N3O3. The van der Waals surface area contributed by atoms with Gasteiger partial charge in [0.2, 0.25) is 0 Å². The Hall–Kier alpha value is -3.07. The molecule has 0 saturated heterocycles. The van der Waals surface area contributed by atoms with Gasteiger partial charge in [0.15, 0.2) is 5.71 Å². The van der Waals surface area contributed by atoms with Gasteiger partial charge in [0.05, 0.1) is 5.69 Å². The topological polar surface area (TPSA) is 74.2 Å². The molecule has 2 aromatic rings. The van der Waals surface area contributed by atoms with Crippen molar-refractivity contribution < 1.29 is 27.9 Å². The summed E-state index contributed by atoms with van der Waals surface area (Å²) in [5.74, 6) is -0.874. The summed E-state index contributed by atoms with van der Waals surface area (Å²) in [4.78, 5) is 14.2. The number of ether oxygens (including phenoxy) is 1. The average Bonchev–Trinajstić information content (AvgIpc) is 2.95. The predicted molar refractivity (Wildman–Crippen MR) is 95.6 cm³/mol. The summed E-state index contributed by atoms with van der Waals surface area (Å²) in [5.41, 5.74) is 3.17. The molecule has 0 aromatic heterocycles. The molecule has 2 aromatic carbocycles. The van der Waals surface area contributed by atoms with Crippen molar-refractivity contribution in [2.45, 2.75) is 19.3 Å². The number of carbonyl (C=O) groups excluding carboxylic acids is 1. The fraction of sp³-hybridized carbons (Fsp3) is 0.263. The standard InChI is InChI=1S/C19H16F3N3O3/c1-25-7-6-10-12(11-4-2-3-5-15(11)28-19(20,21)22)8-13-16(14(10)9-25)23-18(26)17(13)24-27/h2-5,8,27H,6-7,9H2,1H3,(H,23,24,26). The van der Waals surface area contributed by atoms with Crippen molar-refractivity contribution >= 4 is 17.3 Å². The molecular weight excluding hydrogens is 375 g/mol. The van der Waals surface area contributed by atoms with E-state index in [0.29, 0.717) is 29.8 Å². The summed E-state index contributed by atoms with van der Waals surface area (Å²) in [6, 6.07) is 7.47. The summed E-state index contributed by atoms with van der Waals surface area (Å²) in [5, 5.41) is 15.0. The number of benzene rings is 2. The monoisotopic (exact) mass is 391 g/mol. The van der Waals surface area contributed by atoms with E-state index in [1.54, 1.807) is 18.2 Å². The maximum absolute atomic E-state index is 12.9. The Morgan fingerprint density at radius 2 is 1.93 bits per heavy atom. The van der Waals surface area contributed by atoms with Crippen LogP contribution in [0.25, 0.3) is 11.1 Å². The van der Waals surface area contributed by atoms with Crippen molar-refractivity contribution in [2.24, 2.45) is 5.16 Å². The molecule has 0 saturated carbocycles. The van der Waals surface area contributed by atoms with Gasteiger partial charge in [-0.1, -0.05) is 23.4 Å². The first kappa shape index (κ1) is 18.3. The van der Waals surface area contributed by atoms with E-state index in [1.807, 2.05) is 11.9 Å². The number of nitrogens with zero attached hydrogens (tertiary/aromatic N) is 2. The molecule has 0 bridgehead atoms. The van der Waals surface area contributed by atoms with Gasteiger partial charge < -0.3 is 20.2 Å². The number of amides is 1. The van der Waals surface area contributed by atoms with Crippen LogP contribution in [0, 0.1) is 0 Å². The number of likely N-dealkylation sites (N-methyl/N-ethyl adjacent to an activating group) is 1. The van der Waals surface area contributed by atoms with Crippen LogP contribution in [-0.2, 0) is 17.8 Å². The van der Waals surface area contributed by atoms with Crippen LogP contribution in [0.2, 0.25) is 0 Å². The molecule has 0 unspecified atom stereocenters. The van der Waals surface area contributed by atoms with E-state index in [1.165, 1.54) is 12.1 Å². The highest BCUT2D eigenvalue weighted by Crippen LogP contribution is 2.43. The lowest BCUT2D eigenvalue weighted by Gasteiger charge is -2.29. The zero-order valence-corrected chi connectivity index (χ0v) is 14.8. The molecule has 0 fully saturated rings. The first-order valence-electron chi connectivity index (χ1n) is 8.54. The van der Waals surface area contributed by atoms with Crippen molar-refractivity contribution in [3.05, 3.63) is 47.0 Å². The van der Waals surface area contributed by atoms with E-state index >= 15 is 0 Å². The summed E-state index contributed by atoms with van der Waals surface area (Å²) >= 11 is 0. The number of fused-ring (bicyclic) bond motifs is 3. The van der Waals surface area contributed by atoms with Gasteiger partial charge in [-0.15, -0.1) is 13.2 Å². The lowest BCUT2D eigenvalue weighted by Crippen LogP contribution is -2.28. The van der Waals surface area contributed by atoms with Gasteiger partial charge >= 0.3 is 6.36 Å². The molecule has 0 aliphatic carbocycles. The third kappa shape index (κ3) is 3.07. The minimum absolute atomic E-state index is 0.165. The second-order valence-electron chi connectivity index (χ2n) is 6.74. The molecule has 0 radical (unpaired) electrons. The highest BCUT2D eigenvalue weighted by Gasteiger charge is 2.35. The second-order valence-corrected chi connectivity index (χ2v) is 6.74. The molecule has 2 N–H and O–H groups in total. The van der Waals surface area contributed by atoms with Gasteiger partial charge in [-0.2, -0.15) is 0 Å². The predicted octanol–water partition coefficient (Wildman–Crippen LogP) is 3.37. The molecule has 2 heterocycles. The van der Waals surface area contributed by atoms with Crippen LogP contribution in [0.5, 0.6) is 5.75 Å². The highest BCUT2D eigenvalue weighted by atomic mass is 19.4. The van der Waals surface area contributed by atoms with Crippen molar-refractivity contribution in [2.75, 3.05) is 18.9 Å². The van der Waals surface area contributed by atoms with Crippen molar-refractivity contribution in [1.29, 1.82) is 0 Å². The van der Waals surface area contributed by atoms with Gasteiger partial charge in [0.1, 0.15) is 5.75 Å². The molecule has 2 aliphatic rings. The van der Waals surface area contributed by atoms with Gasteiger partial charge in [-0.05, 0) is 42.3 Å². The molecule has 1 amide bonds. The Bertz CT molecular complexity index is 1000. The Morgan fingerprint density at radius 1 is 1.18 bits per heavy atom. The SMILES string of the molecule is CN1CCc2c(-c3ccccc3OC(F)(F)F)cc3c(c2C1)NC(=O)/C3=N/O. The van der Waals surface area contributed by atoms with E-state index in [2.05, 4.69) is 15.2 Å². The van der Waals surface area contributed by atoms with Crippen LogP contribution >= 0.6 is 0 Å². The molecule has 0 spiro atoms. The lowest BCUT2D eigenvalue weighted by atomic mass is 9.87. The zero-order valence-electron chi connectivity index (χ0n) is 14.8. The highest BCUT2D eigenvalue weighted by molar-refractivity contribution is 6.54. The number of hydrogen-bond donors (Lipinski definition) is 2. The van der Waals surface area contributed by atoms with Crippen LogP contribution in [0.4, 0.5) is 18.9 Å². The Balaban J connectivity index is 1.96. The molecule has 146 valence electrons. The molecule has 2 aliphatic heterocycles. The van der Waals surface area contributed by atoms with Crippen LogP contribution in [0.3, 0.4) is 0 Å². The van der Waals surface area contributed by atoms with E-state index < -0.39 is 12.3 Å². The minimum atomic E-state index is -4.83. The fourth-order valence-electron chi connectivity index (χ4n) is 3.76. The number of hydrogen-bond acceptors (Lipinski definition) is 5. The number of rotatable bonds is 2. The van der Waals surface area contributed by atoms with Gasteiger partial charge in [0.25, 0.3) is 5.91 Å². The first-order valence-corrected chi connectivity index (χ1v) is 8.54. The Labute approximate surface area is 158 Å². The maximum Gasteiger partial charge on any atom is 0.573 e. The first-order chi connectivity index (χ1) is 13.3. The van der Waals surface area contributed by atoms with Crippen molar-refractivity contribution in [1.82, 2.24) is 4.90 Å². The summed E-state index contributed by atoms with van der Waals surface area (Å²) in [6.07, 6.45) is -4.24. The van der Waals surface area contributed by atoms with Gasteiger partial charge in [-0.25, -0.2) is 0 Å². The Morgan fingerprint density at radius 3 is 2.64 bits per heavy atom. The van der Waals surface area contributed by atoms with E-state index in [4.69, 9.17) is 0 Å². The third-order valence-corrected chi connectivity index (χ3v) is 4.93. The molecule has 28 heavy (non-hydrogen) atoms. The smallest absolute Gasteiger partial charge is 0.410 e. The molecule has 4 rings (SSSR count). The number of alkyl halides is 3. The number of anilines is 1. The van der Waals surface area contributed by atoms with Crippen molar-refractivity contribution in [3.63, 3.8) is 0 Å². The lowest BCUT2D eigenvalue weighted by molar-refractivity contribution is -0.274. The van der Waals surface area contributed by atoms with Crippen LogP contribution in [0.15, 0.2) is 35.5 Å². The van der Waals surface area contributed by atoms with E-state index in [-0.39, 0.29) is 17.0 Å². The van der Waals surface area contributed by atoms with Crippen LogP contribution < -0.4 is 10.1 Å². The second kappa shape index (κ2) is 6.52. The number of para-hydroxylation sites is 1. The quantitative estimate of drug-likeness (QED) is 0.608. The third-order valence-electron chi connectivity index (χ3n) is 4.93. The van der Waals surface area contributed by atoms with Crippen LogP contribution in [0.1, 0.15) is 16.7 Å². The van der Waals surface area contributed by atoms with Crippen molar-refractivity contribution in [3.8, 4) is 16.9 Å². The maximum atomic E-state index is 12.9. The van der Waals surface area contributed by atoms with Gasteiger partial charge in [0, 0.05) is 24.2 Å². The zero-order chi connectivity index (χ0) is 20.1. The Kier molecular flexibility index (Phi) is 4.26. The van der Waals surface area contributed by atoms with Gasteiger partial charge in [-0.3, -0.25) is 4.79 Å². The molecule has 6 nitrogen and oxygen atoms in total. The largest absolute Gasteiger partial charge is 0.573 e. The van der Waals surface area contributed by atoms with E-state index in [9.17, 15) is 23.2 Å². The fourth-order valence-corrected chi connectivity index (χ4v) is 3.76. The molecule has 9 heteroatoms. The number of oxime groups is 1. The number of carbonyl (C=O) groups is 1. The normalized spacial score (nSPS) is 18.0. The summed E-state index contributed by atoms with van der Waals surface area (Å²) in [7, 11) is 1.92.